The molecule has 1 aromatic carbocycles. The normalized spacial score (nSPS) is 33.0. The summed E-state index contributed by atoms with van der Waals surface area (Å²) >= 11 is 12.1. The third-order valence-corrected chi connectivity index (χ3v) is 4.89. The van der Waals surface area contributed by atoms with E-state index < -0.39 is 0 Å². The lowest BCUT2D eigenvalue weighted by molar-refractivity contribution is 0.509. The topological polar surface area (TPSA) is 12.0 Å². The van der Waals surface area contributed by atoms with Crippen molar-refractivity contribution >= 4 is 23.2 Å². The predicted molar refractivity (Wildman–Crippen MR) is 72.9 cm³/mol. The summed E-state index contributed by atoms with van der Waals surface area (Å²) in [6.45, 7) is 2.27. The average molecular weight is 270 g/mol. The Balaban J connectivity index is 1.80. The molecule has 0 aromatic heterocycles. The van der Waals surface area contributed by atoms with Crippen molar-refractivity contribution in [2.45, 2.75) is 44.2 Å². The molecule has 0 radical (unpaired) electrons. The summed E-state index contributed by atoms with van der Waals surface area (Å²) in [5.41, 5.74) is 1.32. The maximum absolute atomic E-state index is 6.10. The van der Waals surface area contributed by atoms with Gasteiger partial charge in [-0.25, -0.2) is 0 Å². The Morgan fingerprint density at radius 2 is 1.94 bits per heavy atom. The molecule has 1 saturated heterocycles. The molecule has 2 fully saturated rings. The van der Waals surface area contributed by atoms with Crippen LogP contribution in [0.25, 0.3) is 0 Å². The van der Waals surface area contributed by atoms with E-state index in [0.717, 1.165) is 5.92 Å². The van der Waals surface area contributed by atoms with Crippen molar-refractivity contribution in [2.24, 2.45) is 5.92 Å². The lowest BCUT2D eigenvalue weighted by Gasteiger charge is -2.15. The quantitative estimate of drug-likeness (QED) is 0.847. The van der Waals surface area contributed by atoms with Gasteiger partial charge in [-0.05, 0) is 49.8 Å². The fourth-order valence-corrected chi connectivity index (χ4v) is 3.30. The van der Waals surface area contributed by atoms with Crippen LogP contribution in [0, 0.1) is 5.92 Å². The van der Waals surface area contributed by atoms with Gasteiger partial charge in [-0.1, -0.05) is 29.3 Å². The molecule has 1 N–H and O–H groups in total. The van der Waals surface area contributed by atoms with Crippen molar-refractivity contribution in [1.82, 2.24) is 5.32 Å². The Kier molecular flexibility index (Phi) is 3.10. The second-order valence-corrected chi connectivity index (χ2v) is 6.23. The fraction of sp³-hybridized carbons (Fsp3) is 0.571. The summed E-state index contributed by atoms with van der Waals surface area (Å²) in [6, 6.07) is 7.31. The number of benzene rings is 1. The van der Waals surface area contributed by atoms with E-state index in [9.17, 15) is 0 Å². The fourth-order valence-electron chi connectivity index (χ4n) is 2.99. The Morgan fingerprint density at radius 1 is 1.18 bits per heavy atom. The van der Waals surface area contributed by atoms with E-state index >= 15 is 0 Å². The Labute approximate surface area is 112 Å². The number of hydrogen-bond donors (Lipinski definition) is 1. The van der Waals surface area contributed by atoms with Gasteiger partial charge in [0.25, 0.3) is 0 Å². The summed E-state index contributed by atoms with van der Waals surface area (Å²) in [4.78, 5) is 0. The van der Waals surface area contributed by atoms with E-state index in [2.05, 4.69) is 18.3 Å². The van der Waals surface area contributed by atoms with E-state index in [1.54, 1.807) is 0 Å². The van der Waals surface area contributed by atoms with Gasteiger partial charge >= 0.3 is 0 Å². The van der Waals surface area contributed by atoms with Gasteiger partial charge in [-0.3, -0.25) is 0 Å². The van der Waals surface area contributed by atoms with Gasteiger partial charge in [0.2, 0.25) is 0 Å². The van der Waals surface area contributed by atoms with Crippen LogP contribution in [-0.4, -0.2) is 12.1 Å². The van der Waals surface area contributed by atoms with Crippen LogP contribution in [-0.2, 0) is 0 Å². The third-order valence-electron chi connectivity index (χ3n) is 4.15. The van der Waals surface area contributed by atoms with E-state index in [0.29, 0.717) is 28.0 Å². The third kappa shape index (κ3) is 2.33. The van der Waals surface area contributed by atoms with Crippen LogP contribution in [0.2, 0.25) is 10.0 Å². The molecule has 0 bridgehead atoms. The monoisotopic (exact) mass is 269 g/mol. The van der Waals surface area contributed by atoms with Crippen LogP contribution >= 0.6 is 23.2 Å². The molecule has 3 atom stereocenters. The first kappa shape index (κ1) is 11.8. The molecule has 1 aromatic rings. The highest BCUT2D eigenvalue weighted by atomic mass is 35.5. The molecule has 2 aliphatic rings. The number of rotatable bonds is 2. The molecular formula is C14H17Cl2N. The highest BCUT2D eigenvalue weighted by molar-refractivity contribution is 6.42. The Morgan fingerprint density at radius 3 is 2.59 bits per heavy atom. The van der Waals surface area contributed by atoms with Gasteiger partial charge in [0.05, 0.1) is 10.0 Å². The van der Waals surface area contributed by atoms with Crippen molar-refractivity contribution in [3.63, 3.8) is 0 Å². The van der Waals surface area contributed by atoms with Crippen molar-refractivity contribution in [1.29, 1.82) is 0 Å². The van der Waals surface area contributed by atoms with Crippen LogP contribution < -0.4 is 5.32 Å². The zero-order valence-corrected chi connectivity index (χ0v) is 11.4. The molecule has 1 heterocycles. The lowest BCUT2D eigenvalue weighted by atomic mass is 9.91. The molecule has 1 aliphatic carbocycles. The standard InChI is InChI=1S/C14H17Cl2N/c1-8-11(7-14(17-8)9-2-3-9)10-4-5-12(15)13(16)6-10/h4-6,8-9,11,14,17H,2-3,7H2,1H3. The maximum atomic E-state index is 6.10. The van der Waals surface area contributed by atoms with Gasteiger partial charge in [0.1, 0.15) is 0 Å². The SMILES string of the molecule is CC1NC(C2CC2)CC1c1ccc(Cl)c(Cl)c1. The first-order valence-corrected chi connectivity index (χ1v) is 7.11. The minimum absolute atomic E-state index is 0.540. The first-order chi connectivity index (χ1) is 8.15. The lowest BCUT2D eigenvalue weighted by Crippen LogP contribution is -2.29. The van der Waals surface area contributed by atoms with Gasteiger partial charge in [0.15, 0.2) is 0 Å². The minimum Gasteiger partial charge on any atom is -0.311 e. The minimum atomic E-state index is 0.540. The molecule has 92 valence electrons. The molecule has 1 saturated carbocycles. The van der Waals surface area contributed by atoms with Crippen molar-refractivity contribution in [2.75, 3.05) is 0 Å². The van der Waals surface area contributed by atoms with E-state index in [-0.39, 0.29) is 0 Å². The predicted octanol–water partition coefficient (Wildman–Crippen LogP) is 4.24. The van der Waals surface area contributed by atoms with Crippen molar-refractivity contribution < 1.29 is 0 Å². The molecule has 3 rings (SSSR count). The molecule has 0 amide bonds. The van der Waals surface area contributed by atoms with Crippen LogP contribution in [0.3, 0.4) is 0 Å². The van der Waals surface area contributed by atoms with Gasteiger partial charge in [0, 0.05) is 18.0 Å². The largest absolute Gasteiger partial charge is 0.311 e. The average Bonchev–Trinajstić information content (AvgIpc) is 3.07. The summed E-state index contributed by atoms with van der Waals surface area (Å²) in [7, 11) is 0. The maximum Gasteiger partial charge on any atom is 0.0595 e. The van der Waals surface area contributed by atoms with Crippen LogP contribution in [0.15, 0.2) is 18.2 Å². The first-order valence-electron chi connectivity index (χ1n) is 6.36. The van der Waals surface area contributed by atoms with E-state index in [4.69, 9.17) is 23.2 Å². The summed E-state index contributed by atoms with van der Waals surface area (Å²) in [5, 5.41) is 5.04. The second-order valence-electron chi connectivity index (χ2n) is 5.42. The van der Waals surface area contributed by atoms with Gasteiger partial charge < -0.3 is 5.32 Å². The summed E-state index contributed by atoms with van der Waals surface area (Å²) in [5.74, 6) is 1.50. The summed E-state index contributed by atoms with van der Waals surface area (Å²) < 4.78 is 0. The zero-order valence-electron chi connectivity index (χ0n) is 9.92. The highest BCUT2D eigenvalue weighted by Crippen LogP contribution is 2.42. The molecular weight excluding hydrogens is 253 g/mol. The molecule has 3 unspecified atom stereocenters. The van der Waals surface area contributed by atoms with Crippen molar-refractivity contribution in [3.8, 4) is 0 Å². The molecule has 17 heavy (non-hydrogen) atoms. The number of hydrogen-bond acceptors (Lipinski definition) is 1. The Hall–Kier alpha value is -0.240. The molecule has 1 nitrogen and oxygen atoms in total. The summed E-state index contributed by atoms with van der Waals surface area (Å²) in [6.07, 6.45) is 4.04. The molecule has 3 heteroatoms. The molecule has 1 aliphatic heterocycles. The van der Waals surface area contributed by atoms with Crippen LogP contribution in [0.5, 0.6) is 0 Å². The second kappa shape index (κ2) is 4.46. The van der Waals surface area contributed by atoms with Gasteiger partial charge in [-0.2, -0.15) is 0 Å². The smallest absolute Gasteiger partial charge is 0.0595 e. The van der Waals surface area contributed by atoms with Gasteiger partial charge in [-0.15, -0.1) is 0 Å². The zero-order chi connectivity index (χ0) is 12.0. The van der Waals surface area contributed by atoms with Crippen LogP contribution in [0.4, 0.5) is 0 Å². The number of nitrogens with one attached hydrogen (secondary N) is 1. The van der Waals surface area contributed by atoms with E-state index in [1.165, 1.54) is 24.8 Å². The van der Waals surface area contributed by atoms with Crippen LogP contribution in [0.1, 0.15) is 37.7 Å². The Bertz CT molecular complexity index is 428. The molecule has 0 spiro atoms. The number of halogens is 2. The van der Waals surface area contributed by atoms with E-state index in [1.807, 2.05) is 12.1 Å². The van der Waals surface area contributed by atoms with Crippen molar-refractivity contribution in [3.05, 3.63) is 33.8 Å². The highest BCUT2D eigenvalue weighted by Gasteiger charge is 2.40.